The van der Waals surface area contributed by atoms with Gasteiger partial charge in [0.1, 0.15) is 11.6 Å². The van der Waals surface area contributed by atoms with Crippen LogP contribution in [0.15, 0.2) is 53.3 Å². The Kier molecular flexibility index (Phi) is 4.45. The summed E-state index contributed by atoms with van der Waals surface area (Å²) in [6, 6.07) is 18.6. The molecule has 0 spiro atoms. The Morgan fingerprint density at radius 3 is 2.41 bits per heavy atom. The summed E-state index contributed by atoms with van der Waals surface area (Å²) >= 11 is 0. The Hall–Kier alpha value is -3.06. The van der Waals surface area contributed by atoms with E-state index in [2.05, 4.69) is 42.2 Å². The minimum Gasteiger partial charge on any atom is -0.370 e. The van der Waals surface area contributed by atoms with Crippen molar-refractivity contribution in [1.82, 2.24) is 4.57 Å². The Labute approximate surface area is 159 Å². The number of hydrogen-bond donors (Lipinski definition) is 0. The first-order chi connectivity index (χ1) is 13.1. The molecule has 136 valence electrons. The van der Waals surface area contributed by atoms with Crippen molar-refractivity contribution in [1.29, 1.82) is 5.26 Å². The second-order valence-corrected chi connectivity index (χ2v) is 7.33. The number of aryl methyl sites for hydroxylation is 2. The number of hydrogen-bond acceptors (Lipinski definition) is 3. The molecule has 0 radical (unpaired) electrons. The zero-order chi connectivity index (χ0) is 19.0. The van der Waals surface area contributed by atoms with Crippen molar-refractivity contribution in [2.75, 3.05) is 18.0 Å². The van der Waals surface area contributed by atoms with E-state index in [0.29, 0.717) is 5.92 Å². The highest BCUT2D eigenvalue weighted by molar-refractivity contribution is 5.94. The number of anilines is 1. The minimum absolute atomic E-state index is 0.216. The average Bonchev–Trinajstić information content (AvgIpc) is 2.71. The maximum atomic E-state index is 12.7. The third-order valence-corrected chi connectivity index (χ3v) is 5.83. The predicted molar refractivity (Wildman–Crippen MR) is 109 cm³/mol. The van der Waals surface area contributed by atoms with Gasteiger partial charge in [-0.1, -0.05) is 42.5 Å². The van der Waals surface area contributed by atoms with Gasteiger partial charge in [0.15, 0.2) is 0 Å². The lowest BCUT2D eigenvalue weighted by Gasteiger charge is -2.35. The second kappa shape index (κ2) is 6.92. The Morgan fingerprint density at radius 2 is 1.70 bits per heavy atom. The molecule has 0 bridgehead atoms. The third-order valence-electron chi connectivity index (χ3n) is 5.83. The van der Waals surface area contributed by atoms with Gasteiger partial charge in [-0.25, -0.2) is 0 Å². The molecule has 1 fully saturated rings. The van der Waals surface area contributed by atoms with Gasteiger partial charge in [-0.2, -0.15) is 5.26 Å². The second-order valence-electron chi connectivity index (χ2n) is 7.33. The first-order valence-corrected chi connectivity index (χ1v) is 9.44. The summed E-state index contributed by atoms with van der Waals surface area (Å²) in [5, 5.41) is 10.7. The monoisotopic (exact) mass is 357 g/mol. The van der Waals surface area contributed by atoms with Crippen LogP contribution in [0.2, 0.25) is 0 Å². The summed E-state index contributed by atoms with van der Waals surface area (Å²) in [6.45, 7) is 3.87. The smallest absolute Gasteiger partial charge is 0.270 e. The summed E-state index contributed by atoms with van der Waals surface area (Å²) in [5.74, 6) is 0.533. The van der Waals surface area contributed by atoms with Crippen molar-refractivity contribution in [2.24, 2.45) is 7.05 Å². The molecule has 2 heterocycles. The molecule has 0 N–H and O–H groups in total. The fraction of sp³-hybridized carbons (Fsp3) is 0.304. The van der Waals surface area contributed by atoms with Crippen LogP contribution in [0.1, 0.15) is 35.4 Å². The van der Waals surface area contributed by atoms with Gasteiger partial charge in [-0.3, -0.25) is 4.79 Å². The first-order valence-electron chi connectivity index (χ1n) is 9.44. The number of nitriles is 1. The maximum absolute atomic E-state index is 12.7. The van der Waals surface area contributed by atoms with Crippen molar-refractivity contribution in [3.05, 3.63) is 75.6 Å². The van der Waals surface area contributed by atoms with E-state index in [1.54, 1.807) is 11.6 Å². The van der Waals surface area contributed by atoms with E-state index < -0.39 is 0 Å². The van der Waals surface area contributed by atoms with Crippen LogP contribution in [0.4, 0.5) is 5.69 Å². The quantitative estimate of drug-likeness (QED) is 0.694. The summed E-state index contributed by atoms with van der Waals surface area (Å²) in [7, 11) is 1.74. The van der Waals surface area contributed by atoms with Crippen LogP contribution in [0.3, 0.4) is 0 Å². The molecule has 0 unspecified atom stereocenters. The molecule has 4 nitrogen and oxygen atoms in total. The van der Waals surface area contributed by atoms with Crippen molar-refractivity contribution in [3.8, 4) is 6.07 Å². The van der Waals surface area contributed by atoms with E-state index in [4.69, 9.17) is 0 Å². The van der Waals surface area contributed by atoms with Gasteiger partial charge in [0, 0.05) is 25.5 Å². The average molecular weight is 357 g/mol. The zero-order valence-electron chi connectivity index (χ0n) is 15.8. The Bertz CT molecular complexity index is 1100. The number of para-hydroxylation sites is 1. The lowest BCUT2D eigenvalue weighted by molar-refractivity contribution is 0.504. The number of rotatable bonds is 2. The minimum atomic E-state index is -0.216. The number of fused-ring (bicyclic) bond motifs is 1. The molecule has 4 rings (SSSR count). The molecule has 1 aliphatic rings. The van der Waals surface area contributed by atoms with Gasteiger partial charge in [-0.15, -0.1) is 0 Å². The van der Waals surface area contributed by atoms with Crippen LogP contribution < -0.4 is 10.5 Å². The van der Waals surface area contributed by atoms with Crippen LogP contribution in [0.25, 0.3) is 10.9 Å². The van der Waals surface area contributed by atoms with Gasteiger partial charge in [-0.05, 0) is 42.9 Å². The van der Waals surface area contributed by atoms with Crippen molar-refractivity contribution >= 4 is 16.6 Å². The zero-order valence-corrected chi connectivity index (χ0v) is 15.8. The highest BCUT2D eigenvalue weighted by Gasteiger charge is 2.26. The van der Waals surface area contributed by atoms with E-state index in [9.17, 15) is 10.1 Å². The van der Waals surface area contributed by atoms with Gasteiger partial charge < -0.3 is 9.47 Å². The fourth-order valence-corrected chi connectivity index (χ4v) is 4.37. The summed E-state index contributed by atoms with van der Waals surface area (Å²) in [4.78, 5) is 15.0. The van der Waals surface area contributed by atoms with Gasteiger partial charge in [0.25, 0.3) is 5.56 Å². The lowest BCUT2D eigenvalue weighted by Crippen LogP contribution is -2.36. The van der Waals surface area contributed by atoms with E-state index in [0.717, 1.165) is 42.5 Å². The molecular weight excluding hydrogens is 334 g/mol. The van der Waals surface area contributed by atoms with Crippen LogP contribution in [-0.4, -0.2) is 17.7 Å². The van der Waals surface area contributed by atoms with Crippen molar-refractivity contribution in [2.45, 2.75) is 25.7 Å². The predicted octanol–water partition coefficient (Wildman–Crippen LogP) is 4.10. The van der Waals surface area contributed by atoms with Crippen LogP contribution >= 0.6 is 0 Å². The molecular formula is C23H23N3O. The van der Waals surface area contributed by atoms with Crippen LogP contribution in [0.5, 0.6) is 0 Å². The first kappa shape index (κ1) is 17.4. The molecule has 1 saturated heterocycles. The van der Waals surface area contributed by atoms with Gasteiger partial charge >= 0.3 is 0 Å². The van der Waals surface area contributed by atoms with Crippen LogP contribution in [-0.2, 0) is 7.05 Å². The molecule has 0 atom stereocenters. The number of benzene rings is 2. The van der Waals surface area contributed by atoms with Crippen molar-refractivity contribution in [3.63, 3.8) is 0 Å². The molecule has 1 aromatic heterocycles. The topological polar surface area (TPSA) is 49.0 Å². The van der Waals surface area contributed by atoms with Gasteiger partial charge in [0.2, 0.25) is 0 Å². The molecule has 1 aliphatic heterocycles. The Balaban J connectivity index is 1.73. The summed E-state index contributed by atoms with van der Waals surface area (Å²) in [5.41, 5.74) is 4.48. The van der Waals surface area contributed by atoms with E-state index >= 15 is 0 Å². The van der Waals surface area contributed by atoms with E-state index in [1.807, 2.05) is 24.3 Å². The SMILES string of the molecule is Cc1ccccc1C1CCN(c2c(C#N)c(=O)n(C)c3ccccc23)CC1. The number of aromatic nitrogens is 1. The number of nitrogens with zero attached hydrogens (tertiary/aromatic N) is 3. The largest absolute Gasteiger partial charge is 0.370 e. The highest BCUT2D eigenvalue weighted by Crippen LogP contribution is 2.35. The van der Waals surface area contributed by atoms with Crippen LogP contribution in [0, 0.1) is 18.3 Å². The summed E-state index contributed by atoms with van der Waals surface area (Å²) in [6.07, 6.45) is 2.05. The molecule has 3 aromatic rings. The highest BCUT2D eigenvalue weighted by atomic mass is 16.1. The van der Waals surface area contributed by atoms with E-state index in [-0.39, 0.29) is 11.1 Å². The lowest BCUT2D eigenvalue weighted by atomic mass is 9.86. The maximum Gasteiger partial charge on any atom is 0.270 e. The summed E-state index contributed by atoms with van der Waals surface area (Å²) < 4.78 is 1.58. The molecule has 2 aromatic carbocycles. The molecule has 0 saturated carbocycles. The molecule has 0 amide bonds. The molecule has 0 aliphatic carbocycles. The van der Waals surface area contributed by atoms with Crippen molar-refractivity contribution < 1.29 is 0 Å². The molecule has 27 heavy (non-hydrogen) atoms. The number of piperidine rings is 1. The normalized spacial score (nSPS) is 15.1. The van der Waals surface area contributed by atoms with E-state index in [1.165, 1.54) is 11.1 Å². The molecule has 4 heteroatoms. The standard InChI is InChI=1S/C23H23N3O/c1-16-7-3-4-8-18(16)17-11-13-26(14-12-17)22-19-9-5-6-10-21(19)25(2)23(27)20(22)15-24/h3-10,17H,11-14H2,1-2H3. The van der Waals surface area contributed by atoms with Gasteiger partial charge in [0.05, 0.1) is 11.2 Å². The number of pyridine rings is 1. The fourth-order valence-electron chi connectivity index (χ4n) is 4.37. The Morgan fingerprint density at radius 1 is 1.04 bits per heavy atom. The third kappa shape index (κ3) is 2.90.